The van der Waals surface area contributed by atoms with Crippen molar-refractivity contribution in [1.82, 2.24) is 19.2 Å². The van der Waals surface area contributed by atoms with E-state index >= 15 is 0 Å². The maximum absolute atomic E-state index is 14.2. The van der Waals surface area contributed by atoms with E-state index in [-0.39, 0.29) is 12.1 Å². The zero-order chi connectivity index (χ0) is 26.9. The molecule has 6 rings (SSSR count). The molecule has 3 aromatic carbocycles. The van der Waals surface area contributed by atoms with Gasteiger partial charge in [-0.15, -0.1) is 11.8 Å². The summed E-state index contributed by atoms with van der Waals surface area (Å²) in [5.74, 6) is 0.982. The highest BCUT2D eigenvalue weighted by Crippen LogP contribution is 2.39. The topological polar surface area (TPSA) is 55.1 Å². The number of rotatable bonds is 5. The molecule has 2 aromatic heterocycles. The highest BCUT2D eigenvalue weighted by atomic mass is 32.2. The molecule has 0 bridgehead atoms. The summed E-state index contributed by atoms with van der Waals surface area (Å²) in [5.41, 5.74) is 7.07. The normalized spacial score (nSPS) is 14.4. The number of nitrogens with zero attached hydrogens (tertiary/aromatic N) is 4. The van der Waals surface area contributed by atoms with Gasteiger partial charge in [-0.1, -0.05) is 61.0 Å². The first-order valence-electron chi connectivity index (χ1n) is 13.2. The van der Waals surface area contributed by atoms with E-state index < -0.39 is 0 Å². The minimum absolute atomic E-state index is 0.144. The van der Waals surface area contributed by atoms with Crippen LogP contribution in [0.3, 0.4) is 0 Å². The van der Waals surface area contributed by atoms with E-state index in [0.29, 0.717) is 6.54 Å². The van der Waals surface area contributed by atoms with Crippen molar-refractivity contribution in [2.45, 2.75) is 37.8 Å². The number of hydrogen-bond acceptors (Lipinski definition) is 3. The maximum atomic E-state index is 14.2. The third-order valence-corrected chi connectivity index (χ3v) is 7.97. The molecule has 0 saturated carbocycles. The highest BCUT2D eigenvalue weighted by molar-refractivity contribution is 7.98. The number of hydrogen-bond donors (Lipinski definition) is 1. The van der Waals surface area contributed by atoms with Crippen LogP contribution in [0.15, 0.2) is 102 Å². The van der Waals surface area contributed by atoms with Crippen LogP contribution in [0.5, 0.6) is 0 Å². The average molecular weight is 534 g/mol. The van der Waals surface area contributed by atoms with Gasteiger partial charge in [-0.2, -0.15) is 5.10 Å². The number of carbonyl (C=O) groups excluding carboxylic acids is 1. The molecule has 0 fully saturated rings. The van der Waals surface area contributed by atoms with Crippen LogP contribution in [-0.2, 0) is 13.0 Å². The molecular formula is C32H31N5OS. The molecule has 3 heterocycles. The zero-order valence-corrected chi connectivity index (χ0v) is 23.2. The number of anilines is 1. The van der Waals surface area contributed by atoms with Crippen LogP contribution in [0.4, 0.5) is 10.5 Å². The molecule has 39 heavy (non-hydrogen) atoms. The fourth-order valence-corrected chi connectivity index (χ4v) is 5.89. The lowest BCUT2D eigenvalue weighted by molar-refractivity contribution is 0.194. The van der Waals surface area contributed by atoms with E-state index in [2.05, 4.69) is 78.5 Å². The van der Waals surface area contributed by atoms with Crippen LogP contribution in [0.1, 0.15) is 41.0 Å². The molecule has 0 unspecified atom stereocenters. The summed E-state index contributed by atoms with van der Waals surface area (Å²) in [6.45, 7) is 4.64. The Labute approximate surface area is 233 Å². The van der Waals surface area contributed by atoms with Crippen molar-refractivity contribution in [2.75, 3.05) is 11.6 Å². The Morgan fingerprint density at radius 1 is 1.00 bits per heavy atom. The van der Waals surface area contributed by atoms with Crippen molar-refractivity contribution in [3.63, 3.8) is 0 Å². The summed E-state index contributed by atoms with van der Waals surface area (Å²) in [7, 11) is 0. The van der Waals surface area contributed by atoms with Gasteiger partial charge in [0.2, 0.25) is 0 Å². The summed E-state index contributed by atoms with van der Waals surface area (Å²) in [4.78, 5) is 17.2. The Morgan fingerprint density at radius 3 is 2.59 bits per heavy atom. The van der Waals surface area contributed by atoms with Gasteiger partial charge in [-0.25, -0.2) is 9.48 Å². The van der Waals surface area contributed by atoms with E-state index in [0.717, 1.165) is 56.6 Å². The Kier molecular flexibility index (Phi) is 6.75. The van der Waals surface area contributed by atoms with Gasteiger partial charge >= 0.3 is 6.03 Å². The van der Waals surface area contributed by atoms with Crippen molar-refractivity contribution in [1.29, 1.82) is 0 Å². The van der Waals surface area contributed by atoms with E-state index in [1.54, 1.807) is 11.8 Å². The number of carbonyl (C=O) groups is 1. The first-order valence-corrected chi connectivity index (χ1v) is 14.4. The third-order valence-electron chi connectivity index (χ3n) is 7.24. The van der Waals surface area contributed by atoms with Crippen molar-refractivity contribution >= 4 is 23.5 Å². The van der Waals surface area contributed by atoms with Crippen LogP contribution in [0.25, 0.3) is 11.5 Å². The second kappa shape index (κ2) is 10.5. The van der Waals surface area contributed by atoms with E-state index in [9.17, 15) is 4.79 Å². The molecule has 6 nitrogen and oxygen atoms in total. The van der Waals surface area contributed by atoms with Gasteiger partial charge in [-0.3, -0.25) is 0 Å². The standard InChI is InChI=1S/C32H31N5OS/c1-4-28-27-21-36(32(38)33-24-13-9-16-26(20-24)39-3)30(23-12-8-11-22(2)19-23)29-17-10-18-35(29)31(27)37(34-28)25-14-6-5-7-15-25/h5-20,30H,4,21H2,1-3H3,(H,33,38)/t30-/m1/s1. The van der Waals surface area contributed by atoms with Crippen LogP contribution in [-0.4, -0.2) is 31.5 Å². The van der Waals surface area contributed by atoms with Gasteiger partial charge in [-0.05, 0) is 67.6 Å². The Hall–Kier alpha value is -4.23. The zero-order valence-electron chi connectivity index (χ0n) is 22.3. The number of nitrogens with one attached hydrogen (secondary N) is 1. The second-order valence-electron chi connectivity index (χ2n) is 9.76. The van der Waals surface area contributed by atoms with Gasteiger partial charge in [0.15, 0.2) is 0 Å². The van der Waals surface area contributed by atoms with Crippen molar-refractivity contribution < 1.29 is 4.79 Å². The molecular weight excluding hydrogens is 502 g/mol. The Balaban J connectivity index is 1.54. The number of aromatic nitrogens is 3. The van der Waals surface area contributed by atoms with Crippen molar-refractivity contribution in [3.05, 3.63) is 125 Å². The second-order valence-corrected chi connectivity index (χ2v) is 10.6. The van der Waals surface area contributed by atoms with E-state index in [1.807, 2.05) is 58.3 Å². The fourth-order valence-electron chi connectivity index (χ4n) is 5.44. The first-order chi connectivity index (χ1) is 19.1. The lowest BCUT2D eigenvalue weighted by Gasteiger charge is -2.31. The SMILES string of the molecule is CCc1nn(-c2ccccc2)c2c1CN(C(=O)Nc1cccc(SC)c1)[C@H](c1cccc(C)c1)c1cccn1-2. The molecule has 1 aliphatic rings. The predicted molar refractivity (Wildman–Crippen MR) is 158 cm³/mol. The molecule has 0 saturated heterocycles. The number of benzene rings is 3. The summed E-state index contributed by atoms with van der Waals surface area (Å²) in [5, 5.41) is 8.24. The number of para-hydroxylation sites is 1. The smallest absolute Gasteiger partial charge is 0.308 e. The Morgan fingerprint density at radius 2 is 1.82 bits per heavy atom. The molecule has 7 heteroatoms. The molecule has 0 aliphatic carbocycles. The number of fused-ring (bicyclic) bond motifs is 3. The van der Waals surface area contributed by atoms with Crippen LogP contribution < -0.4 is 5.32 Å². The molecule has 196 valence electrons. The molecule has 1 aliphatic heterocycles. The monoisotopic (exact) mass is 533 g/mol. The summed E-state index contributed by atoms with van der Waals surface area (Å²) in [6, 6.07) is 30.4. The molecule has 1 atom stereocenters. The lowest BCUT2D eigenvalue weighted by atomic mass is 10.00. The van der Waals surface area contributed by atoms with Gasteiger partial charge in [0, 0.05) is 22.3 Å². The molecule has 0 radical (unpaired) electrons. The van der Waals surface area contributed by atoms with Crippen LogP contribution in [0.2, 0.25) is 0 Å². The van der Waals surface area contributed by atoms with Crippen molar-refractivity contribution in [2.24, 2.45) is 0 Å². The largest absolute Gasteiger partial charge is 0.322 e. The Bertz CT molecular complexity index is 1640. The minimum atomic E-state index is -0.287. The van der Waals surface area contributed by atoms with Crippen LogP contribution in [0, 0.1) is 6.92 Å². The van der Waals surface area contributed by atoms with Gasteiger partial charge < -0.3 is 14.8 Å². The summed E-state index contributed by atoms with van der Waals surface area (Å²) >= 11 is 1.66. The third kappa shape index (κ3) is 4.63. The number of aryl methyl sites for hydroxylation is 2. The maximum Gasteiger partial charge on any atom is 0.322 e. The predicted octanol–water partition coefficient (Wildman–Crippen LogP) is 7.39. The number of urea groups is 1. The van der Waals surface area contributed by atoms with Gasteiger partial charge in [0.1, 0.15) is 5.82 Å². The van der Waals surface area contributed by atoms with E-state index in [4.69, 9.17) is 5.10 Å². The first kappa shape index (κ1) is 25.1. The minimum Gasteiger partial charge on any atom is -0.308 e. The van der Waals surface area contributed by atoms with E-state index in [1.165, 1.54) is 0 Å². The average Bonchev–Trinajstić information content (AvgIpc) is 3.54. The van der Waals surface area contributed by atoms with Crippen LogP contribution >= 0.6 is 11.8 Å². The summed E-state index contributed by atoms with van der Waals surface area (Å²) < 4.78 is 4.23. The lowest BCUT2D eigenvalue weighted by Crippen LogP contribution is -2.38. The molecule has 2 amide bonds. The quantitative estimate of drug-likeness (QED) is 0.240. The van der Waals surface area contributed by atoms with Crippen molar-refractivity contribution in [3.8, 4) is 11.5 Å². The molecule has 1 N–H and O–H groups in total. The number of amides is 2. The molecule has 0 spiro atoms. The summed E-state index contributed by atoms with van der Waals surface area (Å²) in [6.07, 6.45) is 4.88. The number of thioether (sulfide) groups is 1. The molecule has 5 aromatic rings. The highest BCUT2D eigenvalue weighted by Gasteiger charge is 2.36. The van der Waals surface area contributed by atoms with Gasteiger partial charge in [0.25, 0.3) is 0 Å². The fraction of sp³-hybridized carbons (Fsp3) is 0.188. The van der Waals surface area contributed by atoms with Gasteiger partial charge in [0.05, 0.1) is 29.7 Å².